The van der Waals surface area contributed by atoms with Crippen molar-refractivity contribution in [3.8, 4) is 0 Å². The maximum absolute atomic E-state index is 13.8. The lowest BCUT2D eigenvalue weighted by Crippen LogP contribution is -2.32. The molecule has 2 unspecified atom stereocenters. The van der Waals surface area contributed by atoms with Crippen LogP contribution in [0.5, 0.6) is 0 Å². The SMILES string of the molecule is Cc1ccc(NC(=O)Cn2c3c(sc2=O)[C@@H](c2cccs2)C2C(=O)N(c4ccc(C)cc4)C(=O)C2S3)cc1. The molecule has 0 spiro atoms. The van der Waals surface area contributed by atoms with E-state index in [1.807, 2.05) is 67.8 Å². The number of thioether (sulfide) groups is 1. The topological polar surface area (TPSA) is 88.5 Å². The molecular formula is C28H23N3O4S3. The lowest BCUT2D eigenvalue weighted by atomic mass is 9.87. The number of hydrogen-bond acceptors (Lipinski definition) is 7. The number of carbonyl (C=O) groups is 3. The summed E-state index contributed by atoms with van der Waals surface area (Å²) in [6, 6.07) is 18.6. The molecule has 2 aromatic carbocycles. The number of thiazole rings is 1. The van der Waals surface area contributed by atoms with Crippen molar-refractivity contribution in [1.82, 2.24) is 4.57 Å². The first kappa shape index (κ1) is 24.8. The molecule has 3 atom stereocenters. The second kappa shape index (κ2) is 9.68. The van der Waals surface area contributed by atoms with E-state index in [1.54, 1.807) is 12.1 Å². The third-order valence-corrected chi connectivity index (χ3v) is 10.4. The van der Waals surface area contributed by atoms with Crippen LogP contribution in [-0.4, -0.2) is 27.5 Å². The van der Waals surface area contributed by atoms with Gasteiger partial charge in [-0.3, -0.25) is 23.7 Å². The Morgan fingerprint density at radius 3 is 2.26 bits per heavy atom. The minimum atomic E-state index is -0.691. The summed E-state index contributed by atoms with van der Waals surface area (Å²) in [6.07, 6.45) is 0. The van der Waals surface area contributed by atoms with Gasteiger partial charge in [-0.1, -0.05) is 64.6 Å². The van der Waals surface area contributed by atoms with Crippen molar-refractivity contribution in [2.45, 2.75) is 36.6 Å². The number of benzene rings is 2. The molecule has 1 N–H and O–H groups in total. The van der Waals surface area contributed by atoms with Gasteiger partial charge in [0.2, 0.25) is 17.7 Å². The highest BCUT2D eigenvalue weighted by molar-refractivity contribution is 8.00. The fourth-order valence-electron chi connectivity index (χ4n) is 4.96. The number of anilines is 2. The number of nitrogens with zero attached hydrogens (tertiary/aromatic N) is 2. The monoisotopic (exact) mass is 561 g/mol. The molecule has 4 heterocycles. The first-order valence-corrected chi connectivity index (χ1v) is 14.6. The zero-order chi connectivity index (χ0) is 26.6. The van der Waals surface area contributed by atoms with Crippen molar-refractivity contribution in [2.75, 3.05) is 10.2 Å². The number of imide groups is 1. The quantitative estimate of drug-likeness (QED) is 0.346. The molecule has 2 aliphatic heterocycles. The van der Waals surface area contributed by atoms with E-state index in [4.69, 9.17) is 0 Å². The molecule has 0 radical (unpaired) electrons. The molecule has 2 aliphatic rings. The van der Waals surface area contributed by atoms with Gasteiger partial charge in [0.05, 0.1) is 16.6 Å². The minimum Gasteiger partial charge on any atom is -0.325 e. The first-order valence-electron chi connectivity index (χ1n) is 12.1. The predicted octanol–water partition coefficient (Wildman–Crippen LogP) is 5.02. The van der Waals surface area contributed by atoms with Gasteiger partial charge in [-0.15, -0.1) is 11.3 Å². The van der Waals surface area contributed by atoms with Crippen LogP contribution in [0.4, 0.5) is 11.4 Å². The molecule has 10 heteroatoms. The van der Waals surface area contributed by atoms with E-state index in [0.717, 1.165) is 32.2 Å². The highest BCUT2D eigenvalue weighted by Crippen LogP contribution is 2.54. The van der Waals surface area contributed by atoms with E-state index in [-0.39, 0.29) is 29.1 Å². The number of aromatic nitrogens is 1. The normalized spacial score (nSPS) is 20.4. The second-order valence-corrected chi connectivity index (χ2v) is 12.5. The zero-order valence-corrected chi connectivity index (χ0v) is 23.0. The second-order valence-electron chi connectivity index (χ2n) is 9.44. The zero-order valence-electron chi connectivity index (χ0n) is 20.5. The van der Waals surface area contributed by atoms with Crippen LogP contribution in [0.25, 0.3) is 0 Å². The van der Waals surface area contributed by atoms with Crippen molar-refractivity contribution in [3.63, 3.8) is 0 Å². The van der Waals surface area contributed by atoms with Crippen molar-refractivity contribution in [3.05, 3.63) is 96.6 Å². The van der Waals surface area contributed by atoms with Crippen molar-refractivity contribution >= 4 is 63.5 Å². The summed E-state index contributed by atoms with van der Waals surface area (Å²) in [5.41, 5.74) is 3.30. The van der Waals surface area contributed by atoms with Gasteiger partial charge >= 0.3 is 4.87 Å². The van der Waals surface area contributed by atoms with Gasteiger partial charge in [-0.2, -0.15) is 0 Å². The molecule has 1 fully saturated rings. The van der Waals surface area contributed by atoms with Crippen LogP contribution in [0.3, 0.4) is 0 Å². The largest absolute Gasteiger partial charge is 0.325 e. The van der Waals surface area contributed by atoms with Gasteiger partial charge in [0, 0.05) is 21.4 Å². The van der Waals surface area contributed by atoms with Crippen LogP contribution in [0, 0.1) is 19.8 Å². The molecule has 7 nitrogen and oxygen atoms in total. The van der Waals surface area contributed by atoms with Crippen LogP contribution in [0.15, 0.2) is 75.9 Å². The van der Waals surface area contributed by atoms with Crippen molar-refractivity contribution in [1.29, 1.82) is 0 Å². The smallest absolute Gasteiger partial charge is 0.308 e. The van der Waals surface area contributed by atoms with E-state index in [0.29, 0.717) is 16.4 Å². The number of fused-ring (bicyclic) bond motifs is 2. The minimum absolute atomic E-state index is 0.177. The molecule has 0 aliphatic carbocycles. The standard InChI is InChI=1S/C28H23N3O4S3/c1-15-5-9-17(10-6-15)29-20(32)14-30-27-24(38-28(30)35)21(19-4-3-13-36-19)22-23(37-27)26(34)31(25(22)33)18-11-7-16(2)8-12-18/h3-13,21-23H,14H2,1-2H3,(H,29,32)/t21-,22?,23?/m0/s1. The summed E-state index contributed by atoms with van der Waals surface area (Å²) >= 11 is 3.78. The van der Waals surface area contributed by atoms with E-state index in [1.165, 1.54) is 32.6 Å². The van der Waals surface area contributed by atoms with E-state index >= 15 is 0 Å². The predicted molar refractivity (Wildman–Crippen MR) is 151 cm³/mol. The van der Waals surface area contributed by atoms with E-state index < -0.39 is 17.1 Å². The average Bonchev–Trinajstić information content (AvgIpc) is 3.59. The summed E-state index contributed by atoms with van der Waals surface area (Å²) in [7, 11) is 0. The molecule has 1 saturated heterocycles. The van der Waals surface area contributed by atoms with E-state index in [9.17, 15) is 19.2 Å². The van der Waals surface area contributed by atoms with Crippen LogP contribution in [0.2, 0.25) is 0 Å². The van der Waals surface area contributed by atoms with Crippen LogP contribution in [0.1, 0.15) is 26.8 Å². The molecule has 6 rings (SSSR count). The Hall–Kier alpha value is -3.47. The third-order valence-electron chi connectivity index (χ3n) is 6.83. The molecule has 4 aromatic rings. The number of hydrogen-bond donors (Lipinski definition) is 1. The van der Waals surface area contributed by atoms with Crippen LogP contribution in [-0.2, 0) is 20.9 Å². The van der Waals surface area contributed by atoms with Gasteiger partial charge < -0.3 is 5.32 Å². The maximum Gasteiger partial charge on any atom is 0.308 e. The van der Waals surface area contributed by atoms with Gasteiger partial charge in [-0.05, 0) is 49.6 Å². The molecule has 192 valence electrons. The summed E-state index contributed by atoms with van der Waals surface area (Å²) in [6.45, 7) is 3.74. The highest BCUT2D eigenvalue weighted by atomic mass is 32.2. The number of carbonyl (C=O) groups excluding carboxylic acids is 3. The van der Waals surface area contributed by atoms with E-state index in [2.05, 4.69) is 5.32 Å². The number of nitrogens with one attached hydrogen (secondary N) is 1. The summed E-state index contributed by atoms with van der Waals surface area (Å²) in [4.78, 5) is 56.2. The number of thiophene rings is 1. The number of rotatable bonds is 5. The molecule has 3 amide bonds. The summed E-state index contributed by atoms with van der Waals surface area (Å²) in [5.74, 6) is -1.95. The highest BCUT2D eigenvalue weighted by Gasteiger charge is 2.57. The lowest BCUT2D eigenvalue weighted by Gasteiger charge is -2.29. The Bertz CT molecular complexity index is 1600. The maximum atomic E-state index is 13.8. The average molecular weight is 562 g/mol. The molecule has 38 heavy (non-hydrogen) atoms. The third kappa shape index (κ3) is 4.22. The Morgan fingerprint density at radius 2 is 1.61 bits per heavy atom. The van der Waals surface area contributed by atoms with Crippen LogP contribution < -0.4 is 15.1 Å². The van der Waals surface area contributed by atoms with Crippen molar-refractivity contribution < 1.29 is 14.4 Å². The Balaban J connectivity index is 1.38. The van der Waals surface area contributed by atoms with Crippen molar-refractivity contribution in [2.24, 2.45) is 5.92 Å². The summed E-state index contributed by atoms with van der Waals surface area (Å²) in [5, 5.41) is 4.67. The Morgan fingerprint density at radius 1 is 0.921 bits per heavy atom. The Kier molecular flexibility index (Phi) is 6.33. The number of aryl methyl sites for hydroxylation is 2. The van der Waals surface area contributed by atoms with Gasteiger partial charge in [0.1, 0.15) is 11.8 Å². The Labute approximate surface area is 231 Å². The fraction of sp³-hybridized carbons (Fsp3) is 0.214. The summed E-state index contributed by atoms with van der Waals surface area (Å²) < 4.78 is 1.44. The van der Waals surface area contributed by atoms with Crippen LogP contribution >= 0.6 is 34.4 Å². The molecule has 0 bridgehead atoms. The van der Waals surface area contributed by atoms with Gasteiger partial charge in [-0.25, -0.2) is 4.90 Å². The number of amides is 3. The van der Waals surface area contributed by atoms with Gasteiger partial charge in [0.15, 0.2) is 0 Å². The first-order chi connectivity index (χ1) is 18.3. The molecule has 2 aromatic heterocycles. The molecule has 0 saturated carbocycles. The fourth-order valence-corrected chi connectivity index (χ4v) is 8.68. The lowest BCUT2D eigenvalue weighted by molar-refractivity contribution is -0.122. The molecular weight excluding hydrogens is 539 g/mol. The van der Waals surface area contributed by atoms with Gasteiger partial charge in [0.25, 0.3) is 0 Å².